The van der Waals surface area contributed by atoms with Crippen LogP contribution < -0.4 is 9.62 Å². The van der Waals surface area contributed by atoms with Gasteiger partial charge in [-0.1, -0.05) is 55.8 Å². The number of aryl methyl sites for hydroxylation is 1. The zero-order chi connectivity index (χ0) is 27.0. The van der Waals surface area contributed by atoms with Gasteiger partial charge in [-0.05, 0) is 44.4 Å². The molecule has 0 fully saturated rings. The third-order valence-corrected chi connectivity index (χ3v) is 7.77. The van der Waals surface area contributed by atoms with Crippen molar-refractivity contribution in [1.82, 2.24) is 14.5 Å². The van der Waals surface area contributed by atoms with E-state index in [0.29, 0.717) is 6.42 Å². The number of hydrogen-bond donors (Lipinski definition) is 1. The molecule has 0 saturated carbocycles. The van der Waals surface area contributed by atoms with Crippen molar-refractivity contribution in [2.45, 2.75) is 59.2 Å². The average molecular weight is 521 g/mol. The van der Waals surface area contributed by atoms with Gasteiger partial charge in [0.15, 0.2) is 0 Å². The van der Waals surface area contributed by atoms with E-state index in [2.05, 4.69) is 5.32 Å². The molecule has 8 nitrogen and oxygen atoms in total. The predicted octanol–water partition coefficient (Wildman–Crippen LogP) is 3.47. The normalized spacial score (nSPS) is 13.2. The summed E-state index contributed by atoms with van der Waals surface area (Å²) in [6.07, 6.45) is 1.04. The molecular weight excluding hydrogens is 483 g/mol. The Bertz CT molecular complexity index is 1160. The summed E-state index contributed by atoms with van der Waals surface area (Å²) in [6.45, 7) is 6.97. The van der Waals surface area contributed by atoms with Crippen molar-refractivity contribution in [2.24, 2.45) is 0 Å². The molecule has 2 amide bonds. The lowest BCUT2D eigenvalue weighted by Crippen LogP contribution is -2.54. The van der Waals surface area contributed by atoms with Crippen LogP contribution in [0.15, 0.2) is 48.5 Å². The van der Waals surface area contributed by atoms with Crippen molar-refractivity contribution in [3.05, 3.63) is 65.5 Å². The van der Waals surface area contributed by atoms with Gasteiger partial charge in [0.2, 0.25) is 11.8 Å². The van der Waals surface area contributed by atoms with Crippen LogP contribution in [0.2, 0.25) is 0 Å². The van der Waals surface area contributed by atoms with E-state index in [-0.39, 0.29) is 24.2 Å². The summed E-state index contributed by atoms with van der Waals surface area (Å²) >= 11 is 0. The Kier molecular flexibility index (Phi) is 10.4. The third-order valence-electron chi connectivity index (χ3n) is 5.96. The Morgan fingerprint density at radius 1 is 1.03 bits per heavy atom. The first-order valence-electron chi connectivity index (χ1n) is 12.0. The van der Waals surface area contributed by atoms with Gasteiger partial charge >= 0.3 is 10.2 Å². The van der Waals surface area contributed by atoms with Gasteiger partial charge in [-0.15, -0.1) is 0 Å². The van der Waals surface area contributed by atoms with Crippen LogP contribution in [0, 0.1) is 12.7 Å². The van der Waals surface area contributed by atoms with Gasteiger partial charge in [0.25, 0.3) is 0 Å². The van der Waals surface area contributed by atoms with Crippen LogP contribution in [-0.4, -0.2) is 62.2 Å². The lowest BCUT2D eigenvalue weighted by molar-refractivity contribution is -0.140. The summed E-state index contributed by atoms with van der Waals surface area (Å²) in [5, 5.41) is 2.92. The van der Waals surface area contributed by atoms with E-state index in [1.54, 1.807) is 6.92 Å². The molecule has 0 aliphatic rings. The van der Waals surface area contributed by atoms with Crippen molar-refractivity contribution in [2.75, 3.05) is 24.9 Å². The number of benzene rings is 2. The molecule has 2 rings (SSSR count). The maximum absolute atomic E-state index is 14.7. The summed E-state index contributed by atoms with van der Waals surface area (Å²) < 4.78 is 42.6. The topological polar surface area (TPSA) is 90.0 Å². The van der Waals surface area contributed by atoms with Gasteiger partial charge in [-0.2, -0.15) is 12.7 Å². The monoisotopic (exact) mass is 520 g/mol. The van der Waals surface area contributed by atoms with E-state index < -0.39 is 34.5 Å². The minimum atomic E-state index is -4.22. The summed E-state index contributed by atoms with van der Waals surface area (Å²) in [6, 6.07) is 12.0. The number of nitrogens with one attached hydrogen (secondary N) is 1. The van der Waals surface area contributed by atoms with Crippen LogP contribution in [0.5, 0.6) is 0 Å². The van der Waals surface area contributed by atoms with Crippen LogP contribution in [0.1, 0.15) is 44.7 Å². The van der Waals surface area contributed by atoms with Crippen LogP contribution >= 0.6 is 0 Å². The van der Waals surface area contributed by atoms with E-state index in [9.17, 15) is 22.4 Å². The number of rotatable bonds is 12. The SMILES string of the molecule is CCC(C)NC(=O)C(CC)N(Cc1cccc(C)c1)C(=O)CN(c1ccccc1F)S(=O)(=O)N(C)C. The summed E-state index contributed by atoms with van der Waals surface area (Å²) in [5.41, 5.74) is 1.54. The first-order valence-corrected chi connectivity index (χ1v) is 13.4. The second-order valence-electron chi connectivity index (χ2n) is 9.00. The molecule has 0 saturated heterocycles. The van der Waals surface area contributed by atoms with Crippen molar-refractivity contribution in [3.8, 4) is 0 Å². The minimum absolute atomic E-state index is 0.0912. The first-order chi connectivity index (χ1) is 16.9. The Hall–Kier alpha value is -2.98. The molecule has 198 valence electrons. The minimum Gasteiger partial charge on any atom is -0.352 e. The smallest absolute Gasteiger partial charge is 0.304 e. The highest BCUT2D eigenvalue weighted by Crippen LogP contribution is 2.24. The van der Waals surface area contributed by atoms with Gasteiger partial charge in [0.1, 0.15) is 18.4 Å². The lowest BCUT2D eigenvalue weighted by Gasteiger charge is -2.34. The average Bonchev–Trinajstić information content (AvgIpc) is 2.82. The van der Waals surface area contributed by atoms with Gasteiger partial charge in [-0.3, -0.25) is 9.59 Å². The Labute approximate surface area is 214 Å². The van der Waals surface area contributed by atoms with Crippen molar-refractivity contribution < 1.29 is 22.4 Å². The molecule has 10 heteroatoms. The highest BCUT2D eigenvalue weighted by molar-refractivity contribution is 7.90. The molecule has 0 aliphatic heterocycles. The number of nitrogens with zero attached hydrogens (tertiary/aromatic N) is 3. The number of halogens is 1. The van der Waals surface area contributed by atoms with Gasteiger partial charge in [0, 0.05) is 26.7 Å². The Balaban J connectivity index is 2.52. The number of carbonyl (C=O) groups is 2. The molecule has 1 N–H and O–H groups in total. The molecular formula is C26H37FN4O4S. The van der Waals surface area contributed by atoms with E-state index in [1.165, 1.54) is 37.2 Å². The highest BCUT2D eigenvalue weighted by Gasteiger charge is 2.34. The maximum Gasteiger partial charge on any atom is 0.304 e. The van der Waals surface area contributed by atoms with Crippen molar-refractivity contribution in [1.29, 1.82) is 0 Å². The zero-order valence-corrected chi connectivity index (χ0v) is 22.7. The largest absolute Gasteiger partial charge is 0.352 e. The molecule has 0 spiro atoms. The second-order valence-corrected chi connectivity index (χ2v) is 11.1. The summed E-state index contributed by atoms with van der Waals surface area (Å²) in [4.78, 5) is 28.3. The van der Waals surface area contributed by atoms with Crippen LogP contribution in [0.3, 0.4) is 0 Å². The highest BCUT2D eigenvalue weighted by atomic mass is 32.2. The van der Waals surface area contributed by atoms with Gasteiger partial charge in [-0.25, -0.2) is 8.70 Å². The summed E-state index contributed by atoms with van der Waals surface area (Å²) in [7, 11) is -1.60. The number of amides is 2. The Morgan fingerprint density at radius 3 is 2.25 bits per heavy atom. The molecule has 2 aromatic carbocycles. The fourth-order valence-corrected chi connectivity index (χ4v) is 4.79. The van der Waals surface area contributed by atoms with E-state index in [0.717, 1.165) is 32.2 Å². The fourth-order valence-electron chi connectivity index (χ4n) is 3.72. The maximum atomic E-state index is 14.7. The molecule has 0 aliphatic carbocycles. The van der Waals surface area contributed by atoms with Gasteiger partial charge < -0.3 is 10.2 Å². The lowest BCUT2D eigenvalue weighted by atomic mass is 10.1. The van der Waals surface area contributed by atoms with E-state index in [4.69, 9.17) is 0 Å². The second kappa shape index (κ2) is 12.8. The van der Waals surface area contributed by atoms with Crippen LogP contribution in [0.25, 0.3) is 0 Å². The predicted molar refractivity (Wildman–Crippen MR) is 140 cm³/mol. The Morgan fingerprint density at radius 2 is 1.69 bits per heavy atom. The zero-order valence-electron chi connectivity index (χ0n) is 21.9. The molecule has 0 bridgehead atoms. The number of hydrogen-bond acceptors (Lipinski definition) is 4. The number of anilines is 1. The van der Waals surface area contributed by atoms with Crippen LogP contribution in [-0.2, 0) is 26.3 Å². The molecule has 36 heavy (non-hydrogen) atoms. The molecule has 0 aromatic heterocycles. The third kappa shape index (κ3) is 7.27. The molecule has 2 unspecified atom stereocenters. The molecule has 0 heterocycles. The number of carbonyl (C=O) groups excluding carboxylic acids is 2. The van der Waals surface area contributed by atoms with E-state index >= 15 is 0 Å². The van der Waals surface area contributed by atoms with E-state index in [1.807, 2.05) is 45.0 Å². The molecule has 0 radical (unpaired) electrons. The van der Waals surface area contributed by atoms with Crippen molar-refractivity contribution in [3.63, 3.8) is 0 Å². The fraction of sp³-hybridized carbons (Fsp3) is 0.462. The molecule has 2 aromatic rings. The summed E-state index contributed by atoms with van der Waals surface area (Å²) in [5.74, 6) is -1.71. The quantitative estimate of drug-likeness (QED) is 0.464. The standard InChI is InChI=1S/C26H37FN4O4S/c1-7-20(4)28-26(33)23(8-2)30(17-21-13-11-12-19(3)16-21)25(32)18-31(36(34,35)29(5)6)24-15-10-9-14-22(24)27/h9-16,20,23H,7-8,17-18H2,1-6H3,(H,28,33). The van der Waals surface area contributed by atoms with Crippen LogP contribution in [0.4, 0.5) is 10.1 Å². The first kappa shape index (κ1) is 29.3. The number of para-hydroxylation sites is 1. The van der Waals surface area contributed by atoms with Crippen molar-refractivity contribution >= 4 is 27.7 Å². The molecule has 2 atom stereocenters. The van der Waals surface area contributed by atoms with Gasteiger partial charge in [0.05, 0.1) is 5.69 Å².